The number of hydrogen-bond acceptors (Lipinski definition) is 4. The maximum absolute atomic E-state index is 12.6. The number of aryl methyl sites for hydroxylation is 1. The van der Waals surface area contributed by atoms with Crippen LogP contribution in [-0.4, -0.2) is 53.8 Å². The summed E-state index contributed by atoms with van der Waals surface area (Å²) in [4.78, 5) is 39.4. The lowest BCUT2D eigenvalue weighted by Crippen LogP contribution is -2.51. The van der Waals surface area contributed by atoms with E-state index >= 15 is 0 Å². The van der Waals surface area contributed by atoms with Crippen LogP contribution < -0.4 is 10.6 Å². The molecule has 8 heteroatoms. The Balaban J connectivity index is 1.58. The van der Waals surface area contributed by atoms with E-state index in [4.69, 9.17) is 4.42 Å². The molecule has 1 fully saturated rings. The summed E-state index contributed by atoms with van der Waals surface area (Å²) >= 11 is 0. The second-order valence-corrected chi connectivity index (χ2v) is 6.40. The van der Waals surface area contributed by atoms with Crippen LogP contribution in [-0.2, 0) is 4.79 Å². The van der Waals surface area contributed by atoms with Crippen molar-refractivity contribution in [3.63, 3.8) is 0 Å². The third kappa shape index (κ3) is 4.46. The van der Waals surface area contributed by atoms with E-state index in [1.54, 1.807) is 34.1 Å². The quantitative estimate of drug-likeness (QED) is 0.868. The van der Waals surface area contributed by atoms with Gasteiger partial charge in [0.05, 0.1) is 6.26 Å². The summed E-state index contributed by atoms with van der Waals surface area (Å²) in [7, 11) is 0. The summed E-state index contributed by atoms with van der Waals surface area (Å²) in [5, 5.41) is 5.58. The molecule has 1 aliphatic rings. The van der Waals surface area contributed by atoms with Crippen molar-refractivity contribution in [2.24, 2.45) is 0 Å². The smallest absolute Gasteiger partial charge is 0.321 e. The predicted molar refractivity (Wildman–Crippen MR) is 101 cm³/mol. The first-order chi connectivity index (χ1) is 12.9. The molecule has 0 spiro atoms. The summed E-state index contributed by atoms with van der Waals surface area (Å²) in [6, 6.07) is 8.42. The Kier molecular flexibility index (Phi) is 5.44. The van der Waals surface area contributed by atoms with Crippen LogP contribution in [0.15, 0.2) is 41.0 Å². The van der Waals surface area contributed by atoms with E-state index in [0.29, 0.717) is 43.3 Å². The number of benzene rings is 1. The lowest BCUT2D eigenvalue weighted by atomic mass is 10.2. The van der Waals surface area contributed by atoms with Crippen molar-refractivity contribution in [1.82, 2.24) is 9.80 Å². The molecule has 142 valence electrons. The molecule has 2 N–H and O–H groups in total. The van der Waals surface area contributed by atoms with Gasteiger partial charge in [0.1, 0.15) is 0 Å². The molecule has 1 saturated heterocycles. The number of nitrogens with zero attached hydrogens (tertiary/aromatic N) is 2. The number of carbonyl (C=O) groups is 3. The lowest BCUT2D eigenvalue weighted by Gasteiger charge is -2.34. The number of carbonyl (C=O) groups excluding carboxylic acids is 3. The van der Waals surface area contributed by atoms with Gasteiger partial charge in [-0.15, -0.1) is 0 Å². The van der Waals surface area contributed by atoms with Gasteiger partial charge in [0.25, 0.3) is 5.91 Å². The molecule has 0 atom stereocenters. The number of hydrogen-bond donors (Lipinski definition) is 2. The molecular weight excluding hydrogens is 348 g/mol. The Hall–Kier alpha value is -3.29. The number of rotatable bonds is 3. The zero-order valence-electron chi connectivity index (χ0n) is 15.3. The van der Waals surface area contributed by atoms with Gasteiger partial charge in [0.15, 0.2) is 5.76 Å². The van der Waals surface area contributed by atoms with Crippen LogP contribution in [0, 0.1) is 6.92 Å². The topological polar surface area (TPSA) is 94.9 Å². The number of furan rings is 1. The number of urea groups is 1. The van der Waals surface area contributed by atoms with Crippen molar-refractivity contribution in [3.05, 3.63) is 47.9 Å². The zero-order valence-corrected chi connectivity index (χ0v) is 15.3. The minimum Gasteiger partial charge on any atom is -0.459 e. The molecule has 3 rings (SSSR count). The van der Waals surface area contributed by atoms with Gasteiger partial charge in [-0.3, -0.25) is 9.59 Å². The SMILES string of the molecule is CC(=O)Nc1ccc(C)c(NC(=O)N2CCN(C(=O)c3ccco3)CC2)c1. The largest absolute Gasteiger partial charge is 0.459 e. The lowest BCUT2D eigenvalue weighted by molar-refractivity contribution is -0.114. The van der Waals surface area contributed by atoms with Crippen molar-refractivity contribution < 1.29 is 18.8 Å². The van der Waals surface area contributed by atoms with Gasteiger partial charge < -0.3 is 24.9 Å². The van der Waals surface area contributed by atoms with Gasteiger partial charge in [-0.25, -0.2) is 4.79 Å². The third-order valence-corrected chi connectivity index (χ3v) is 4.39. The molecule has 0 bridgehead atoms. The summed E-state index contributed by atoms with van der Waals surface area (Å²) in [6.07, 6.45) is 1.47. The van der Waals surface area contributed by atoms with Crippen molar-refractivity contribution in [2.75, 3.05) is 36.8 Å². The molecule has 0 radical (unpaired) electrons. The molecule has 4 amide bonds. The Bertz CT molecular complexity index is 839. The second-order valence-electron chi connectivity index (χ2n) is 6.40. The van der Waals surface area contributed by atoms with Crippen LogP contribution in [0.25, 0.3) is 0 Å². The average molecular weight is 370 g/mol. The van der Waals surface area contributed by atoms with Crippen molar-refractivity contribution in [1.29, 1.82) is 0 Å². The van der Waals surface area contributed by atoms with E-state index in [1.165, 1.54) is 13.2 Å². The molecule has 1 aliphatic heterocycles. The van der Waals surface area contributed by atoms with Gasteiger partial charge in [-0.1, -0.05) is 6.07 Å². The van der Waals surface area contributed by atoms with Crippen LogP contribution in [0.2, 0.25) is 0 Å². The summed E-state index contributed by atoms with van der Waals surface area (Å²) < 4.78 is 5.14. The van der Waals surface area contributed by atoms with Crippen molar-refractivity contribution in [3.8, 4) is 0 Å². The summed E-state index contributed by atoms with van der Waals surface area (Å²) in [6.45, 7) is 5.07. The van der Waals surface area contributed by atoms with E-state index in [0.717, 1.165) is 5.56 Å². The molecule has 8 nitrogen and oxygen atoms in total. The van der Waals surface area contributed by atoms with Gasteiger partial charge in [-0.05, 0) is 36.8 Å². The molecule has 27 heavy (non-hydrogen) atoms. The molecule has 1 aromatic heterocycles. The number of piperazine rings is 1. The van der Waals surface area contributed by atoms with E-state index in [-0.39, 0.29) is 17.8 Å². The van der Waals surface area contributed by atoms with Crippen LogP contribution in [0.3, 0.4) is 0 Å². The van der Waals surface area contributed by atoms with Crippen LogP contribution in [0.5, 0.6) is 0 Å². The zero-order chi connectivity index (χ0) is 19.4. The maximum Gasteiger partial charge on any atom is 0.321 e. The first-order valence-electron chi connectivity index (χ1n) is 8.71. The first-order valence-corrected chi connectivity index (χ1v) is 8.71. The van der Waals surface area contributed by atoms with E-state index in [1.807, 2.05) is 13.0 Å². The highest BCUT2D eigenvalue weighted by Crippen LogP contribution is 2.21. The van der Waals surface area contributed by atoms with Crippen LogP contribution in [0.4, 0.5) is 16.2 Å². The first kappa shape index (κ1) is 18.5. The predicted octanol–water partition coefficient (Wildman–Crippen LogP) is 2.54. The Morgan fingerprint density at radius 3 is 2.33 bits per heavy atom. The van der Waals surface area contributed by atoms with Crippen LogP contribution in [0.1, 0.15) is 23.0 Å². The molecule has 0 aliphatic carbocycles. The number of anilines is 2. The minimum atomic E-state index is -0.233. The van der Waals surface area contributed by atoms with Gasteiger partial charge in [0.2, 0.25) is 5.91 Å². The van der Waals surface area contributed by atoms with Gasteiger partial charge in [0, 0.05) is 44.5 Å². The third-order valence-electron chi connectivity index (χ3n) is 4.39. The monoisotopic (exact) mass is 370 g/mol. The average Bonchev–Trinajstić information content (AvgIpc) is 3.18. The molecule has 0 unspecified atom stereocenters. The van der Waals surface area contributed by atoms with Gasteiger partial charge >= 0.3 is 6.03 Å². The Labute approximate surface area is 157 Å². The normalized spacial score (nSPS) is 14.0. The maximum atomic E-state index is 12.6. The van der Waals surface area contributed by atoms with Crippen LogP contribution >= 0.6 is 0 Å². The molecular formula is C19H22N4O4. The molecule has 2 aromatic rings. The highest BCUT2D eigenvalue weighted by atomic mass is 16.3. The Morgan fingerprint density at radius 1 is 1.00 bits per heavy atom. The number of nitrogens with one attached hydrogen (secondary N) is 2. The highest BCUT2D eigenvalue weighted by Gasteiger charge is 2.26. The van der Waals surface area contributed by atoms with E-state index in [9.17, 15) is 14.4 Å². The van der Waals surface area contributed by atoms with Gasteiger partial charge in [-0.2, -0.15) is 0 Å². The number of amides is 4. The Morgan fingerprint density at radius 2 is 1.70 bits per heavy atom. The summed E-state index contributed by atoms with van der Waals surface area (Å²) in [5.74, 6) is -0.0364. The fourth-order valence-electron chi connectivity index (χ4n) is 2.90. The molecule has 0 saturated carbocycles. The minimum absolute atomic E-state index is 0.168. The fraction of sp³-hybridized carbons (Fsp3) is 0.316. The second kappa shape index (κ2) is 7.94. The summed E-state index contributed by atoms with van der Waals surface area (Å²) in [5.41, 5.74) is 2.15. The molecule has 1 aromatic carbocycles. The fourth-order valence-corrected chi connectivity index (χ4v) is 2.90. The van der Waals surface area contributed by atoms with E-state index < -0.39 is 0 Å². The standard InChI is InChI=1S/C19H22N4O4/c1-13-5-6-15(20-14(2)24)12-16(13)21-19(26)23-9-7-22(8-10-23)18(25)17-4-3-11-27-17/h3-6,11-12H,7-10H2,1-2H3,(H,20,24)(H,21,26). The highest BCUT2D eigenvalue weighted by molar-refractivity contribution is 5.94. The van der Waals surface area contributed by atoms with E-state index in [2.05, 4.69) is 10.6 Å². The molecule has 2 heterocycles. The van der Waals surface area contributed by atoms with Crippen molar-refractivity contribution >= 4 is 29.2 Å². The van der Waals surface area contributed by atoms with Crippen molar-refractivity contribution in [2.45, 2.75) is 13.8 Å².